The number of carbonyl (C=O) groups excluding carboxylic acids is 2. The summed E-state index contributed by atoms with van der Waals surface area (Å²) in [6.07, 6.45) is 1.04. The highest BCUT2D eigenvalue weighted by atomic mass is 16.5. The predicted molar refractivity (Wildman–Crippen MR) is 85.4 cm³/mol. The average molecular weight is 293 g/mol. The van der Waals surface area contributed by atoms with Crippen LogP contribution >= 0.6 is 0 Å². The van der Waals surface area contributed by atoms with Crippen molar-refractivity contribution in [1.29, 1.82) is 0 Å². The Balaban J connectivity index is 0.000000921. The van der Waals surface area contributed by atoms with Crippen LogP contribution in [-0.4, -0.2) is 36.5 Å². The van der Waals surface area contributed by atoms with Crippen LogP contribution in [0.25, 0.3) is 0 Å². The Kier molecular flexibility index (Phi) is 9.94. The molecule has 4 nitrogen and oxygen atoms in total. The monoisotopic (exact) mass is 293 g/mol. The third kappa shape index (κ3) is 6.43. The van der Waals surface area contributed by atoms with Crippen molar-refractivity contribution in [2.45, 2.75) is 41.0 Å². The van der Waals surface area contributed by atoms with Gasteiger partial charge >= 0.3 is 5.97 Å². The van der Waals surface area contributed by atoms with E-state index in [9.17, 15) is 9.59 Å². The molecule has 0 aromatic heterocycles. The maximum absolute atomic E-state index is 11.6. The van der Waals surface area contributed by atoms with Crippen molar-refractivity contribution in [3.05, 3.63) is 35.4 Å². The number of carbonyl (C=O) groups is 2. The Labute approximate surface area is 128 Å². The molecular formula is C17H27NO3. The quantitative estimate of drug-likeness (QED) is 0.802. The van der Waals surface area contributed by atoms with Gasteiger partial charge in [-0.3, -0.25) is 4.79 Å². The molecule has 0 radical (unpaired) electrons. The first-order chi connectivity index (χ1) is 10.2. The van der Waals surface area contributed by atoms with Crippen molar-refractivity contribution < 1.29 is 14.3 Å². The lowest BCUT2D eigenvalue weighted by Crippen LogP contribution is -2.44. The summed E-state index contributed by atoms with van der Waals surface area (Å²) in [4.78, 5) is 24.7. The second-order valence-electron chi connectivity index (χ2n) is 4.18. The summed E-state index contributed by atoms with van der Waals surface area (Å²) in [7, 11) is 0. The molecule has 1 aliphatic heterocycles. The van der Waals surface area contributed by atoms with Gasteiger partial charge in [0.25, 0.3) is 5.91 Å². The molecule has 21 heavy (non-hydrogen) atoms. The van der Waals surface area contributed by atoms with Crippen LogP contribution in [0.3, 0.4) is 0 Å². The minimum absolute atomic E-state index is 0.114. The number of benzene rings is 1. The molecule has 0 bridgehead atoms. The molecule has 0 N–H and O–H groups in total. The molecule has 1 heterocycles. The van der Waals surface area contributed by atoms with Crippen molar-refractivity contribution >= 4 is 11.9 Å². The van der Waals surface area contributed by atoms with Crippen LogP contribution < -0.4 is 0 Å². The van der Waals surface area contributed by atoms with Crippen LogP contribution in [0.4, 0.5) is 0 Å². The Hall–Kier alpha value is -1.84. The molecule has 1 amide bonds. The molecule has 0 atom stereocenters. The number of nitrogens with zero attached hydrogens (tertiary/aromatic N) is 1. The molecule has 0 spiro atoms. The number of rotatable bonds is 3. The minimum Gasteiger partial charge on any atom is -0.452 e. The summed E-state index contributed by atoms with van der Waals surface area (Å²) in [6, 6.07) is 7.08. The predicted octanol–water partition coefficient (Wildman–Crippen LogP) is 3.44. The zero-order chi connectivity index (χ0) is 16.3. The Morgan fingerprint density at radius 3 is 2.00 bits per heavy atom. The summed E-state index contributed by atoms with van der Waals surface area (Å²) in [5, 5.41) is 0. The van der Waals surface area contributed by atoms with Gasteiger partial charge in [-0.05, 0) is 25.5 Å². The van der Waals surface area contributed by atoms with Crippen molar-refractivity contribution in [2.24, 2.45) is 0 Å². The van der Waals surface area contributed by atoms with E-state index in [4.69, 9.17) is 4.74 Å². The number of esters is 1. The minimum atomic E-state index is -0.445. The molecule has 1 aromatic carbocycles. The van der Waals surface area contributed by atoms with Gasteiger partial charge in [0, 0.05) is 13.1 Å². The highest BCUT2D eigenvalue weighted by molar-refractivity contribution is 5.91. The standard InChI is InChI=1S/C13H15NO3.2C2H6/c1-10-3-5-11(6-4-10)13(16)17-9-12(15)14-7-2-8-14;2*1-2/h3-6H,2,7-9H2,1H3;2*1-2H3. The largest absolute Gasteiger partial charge is 0.452 e. The third-order valence-electron chi connectivity index (χ3n) is 2.82. The molecule has 0 unspecified atom stereocenters. The number of ether oxygens (including phenoxy) is 1. The van der Waals surface area contributed by atoms with E-state index in [1.54, 1.807) is 17.0 Å². The van der Waals surface area contributed by atoms with E-state index in [1.807, 2.05) is 46.8 Å². The fourth-order valence-electron chi connectivity index (χ4n) is 1.56. The number of hydrogen-bond acceptors (Lipinski definition) is 3. The molecule has 1 aliphatic rings. The summed E-state index contributed by atoms with van der Waals surface area (Å²) in [5.74, 6) is -0.560. The third-order valence-corrected chi connectivity index (χ3v) is 2.82. The first-order valence-corrected chi connectivity index (χ1v) is 7.68. The number of aryl methyl sites for hydroxylation is 1. The van der Waals surface area contributed by atoms with Crippen LogP contribution in [0.15, 0.2) is 24.3 Å². The van der Waals surface area contributed by atoms with Gasteiger partial charge in [-0.2, -0.15) is 0 Å². The van der Waals surface area contributed by atoms with Gasteiger partial charge in [0.05, 0.1) is 5.56 Å². The van der Waals surface area contributed by atoms with Crippen molar-refractivity contribution in [3.63, 3.8) is 0 Å². The summed E-state index contributed by atoms with van der Waals surface area (Å²) in [5.41, 5.74) is 1.56. The smallest absolute Gasteiger partial charge is 0.338 e. The van der Waals surface area contributed by atoms with E-state index in [0.717, 1.165) is 25.1 Å². The summed E-state index contributed by atoms with van der Waals surface area (Å²) in [6.45, 7) is 11.3. The Morgan fingerprint density at radius 1 is 1.05 bits per heavy atom. The number of amides is 1. The fourth-order valence-corrected chi connectivity index (χ4v) is 1.56. The van der Waals surface area contributed by atoms with Crippen molar-refractivity contribution in [2.75, 3.05) is 19.7 Å². The van der Waals surface area contributed by atoms with E-state index >= 15 is 0 Å². The van der Waals surface area contributed by atoms with Gasteiger partial charge in [-0.1, -0.05) is 45.4 Å². The maximum atomic E-state index is 11.6. The maximum Gasteiger partial charge on any atom is 0.338 e. The summed E-state index contributed by atoms with van der Waals surface area (Å²) >= 11 is 0. The second-order valence-corrected chi connectivity index (χ2v) is 4.18. The van der Waals surface area contributed by atoms with Crippen molar-refractivity contribution in [3.8, 4) is 0 Å². The molecule has 1 fully saturated rings. The second kappa shape index (κ2) is 10.9. The van der Waals surface area contributed by atoms with Gasteiger partial charge in [-0.15, -0.1) is 0 Å². The van der Waals surface area contributed by atoms with Gasteiger partial charge in [0.15, 0.2) is 6.61 Å². The molecule has 4 heteroatoms. The molecule has 0 aliphatic carbocycles. The zero-order valence-electron chi connectivity index (χ0n) is 13.8. The van der Waals surface area contributed by atoms with E-state index in [2.05, 4.69) is 0 Å². The van der Waals surface area contributed by atoms with Gasteiger partial charge < -0.3 is 9.64 Å². The van der Waals surface area contributed by atoms with Gasteiger partial charge in [0.1, 0.15) is 0 Å². The van der Waals surface area contributed by atoms with Crippen LogP contribution in [0, 0.1) is 6.92 Å². The molecule has 1 aromatic rings. The van der Waals surface area contributed by atoms with Crippen LogP contribution in [-0.2, 0) is 9.53 Å². The first-order valence-electron chi connectivity index (χ1n) is 7.68. The SMILES string of the molecule is CC.CC.Cc1ccc(C(=O)OCC(=O)N2CCC2)cc1. The fraction of sp³-hybridized carbons (Fsp3) is 0.529. The molecule has 118 valence electrons. The van der Waals surface area contributed by atoms with Crippen molar-refractivity contribution in [1.82, 2.24) is 4.90 Å². The van der Waals surface area contributed by atoms with E-state index in [0.29, 0.717) is 5.56 Å². The highest BCUT2D eigenvalue weighted by Gasteiger charge is 2.21. The lowest BCUT2D eigenvalue weighted by Gasteiger charge is -2.30. The van der Waals surface area contributed by atoms with Crippen LogP contribution in [0.2, 0.25) is 0 Å². The normalized spacial score (nSPS) is 12.0. The van der Waals surface area contributed by atoms with E-state index in [1.165, 1.54) is 0 Å². The zero-order valence-corrected chi connectivity index (χ0v) is 13.8. The molecular weight excluding hydrogens is 266 g/mol. The van der Waals surface area contributed by atoms with Gasteiger partial charge in [-0.25, -0.2) is 4.79 Å². The summed E-state index contributed by atoms with van der Waals surface area (Å²) < 4.78 is 4.96. The average Bonchev–Trinajstić information content (AvgIpc) is 2.48. The lowest BCUT2D eigenvalue weighted by molar-refractivity contribution is -0.137. The van der Waals surface area contributed by atoms with E-state index in [-0.39, 0.29) is 12.5 Å². The van der Waals surface area contributed by atoms with Gasteiger partial charge in [0.2, 0.25) is 0 Å². The first kappa shape index (κ1) is 19.2. The Morgan fingerprint density at radius 2 is 1.57 bits per heavy atom. The van der Waals surface area contributed by atoms with Crippen LogP contribution in [0.5, 0.6) is 0 Å². The molecule has 1 saturated heterocycles. The topological polar surface area (TPSA) is 46.6 Å². The number of likely N-dealkylation sites (tertiary alicyclic amines) is 1. The molecule has 2 rings (SSSR count). The Bertz CT molecular complexity index is 422. The van der Waals surface area contributed by atoms with E-state index < -0.39 is 5.97 Å². The number of hydrogen-bond donors (Lipinski definition) is 0. The van der Waals surface area contributed by atoms with Crippen LogP contribution in [0.1, 0.15) is 50.0 Å². The molecule has 0 saturated carbocycles. The lowest BCUT2D eigenvalue weighted by atomic mass is 10.1. The highest BCUT2D eigenvalue weighted by Crippen LogP contribution is 2.08.